The molecule has 0 aliphatic heterocycles. The average Bonchev–Trinajstić information content (AvgIpc) is 3.44. The van der Waals surface area contributed by atoms with Crippen LogP contribution in [0, 0.1) is 10.1 Å². The molecule has 0 spiro atoms. The lowest BCUT2D eigenvalue weighted by molar-refractivity contribution is -0.384. The minimum absolute atomic E-state index is 0.0127. The zero-order chi connectivity index (χ0) is 23.7. The Morgan fingerprint density at radius 1 is 1.15 bits per heavy atom. The molecule has 2 aromatic carbocycles. The van der Waals surface area contributed by atoms with Crippen LogP contribution < -0.4 is 5.32 Å². The van der Waals surface area contributed by atoms with Crippen molar-refractivity contribution in [2.45, 2.75) is 18.6 Å². The van der Waals surface area contributed by atoms with E-state index in [1.165, 1.54) is 35.2 Å². The van der Waals surface area contributed by atoms with Crippen molar-refractivity contribution in [3.8, 4) is 11.3 Å². The number of carbonyl (C=O) groups excluding carboxylic acids is 1. The summed E-state index contributed by atoms with van der Waals surface area (Å²) in [4.78, 5) is 31.8. The molecule has 3 aromatic heterocycles. The molecule has 10 nitrogen and oxygen atoms in total. The maximum Gasteiger partial charge on any atom is 0.269 e. The first kappa shape index (κ1) is 21.9. The van der Waals surface area contributed by atoms with Crippen LogP contribution in [-0.4, -0.2) is 41.3 Å². The summed E-state index contributed by atoms with van der Waals surface area (Å²) in [6, 6.07) is 14.1. The molecule has 1 amide bonds. The summed E-state index contributed by atoms with van der Waals surface area (Å²) in [5.41, 5.74) is 3.92. The van der Waals surface area contributed by atoms with Crippen molar-refractivity contribution in [3.63, 3.8) is 0 Å². The third kappa shape index (κ3) is 4.20. The van der Waals surface area contributed by atoms with Gasteiger partial charge in [-0.15, -0.1) is 21.5 Å². The number of hydrogen-bond donors (Lipinski definition) is 1. The molecule has 0 fully saturated rings. The van der Waals surface area contributed by atoms with Crippen LogP contribution in [0.1, 0.15) is 6.92 Å². The number of thiazole rings is 1. The van der Waals surface area contributed by atoms with Gasteiger partial charge in [0, 0.05) is 35.0 Å². The first-order valence-electron chi connectivity index (χ1n) is 10.3. The van der Waals surface area contributed by atoms with Gasteiger partial charge in [-0.2, -0.15) is 0 Å². The highest BCUT2D eigenvalue weighted by atomic mass is 32.2. The maximum atomic E-state index is 12.5. The van der Waals surface area contributed by atoms with E-state index in [1.807, 2.05) is 31.2 Å². The Kier molecular flexibility index (Phi) is 5.90. The molecule has 0 radical (unpaired) electrons. The van der Waals surface area contributed by atoms with Crippen LogP contribution in [0.15, 0.2) is 59.1 Å². The number of aryl methyl sites for hydroxylation is 1. The van der Waals surface area contributed by atoms with E-state index in [0.29, 0.717) is 16.0 Å². The number of carbonyl (C=O) groups is 1. The van der Waals surface area contributed by atoms with Gasteiger partial charge in [0.1, 0.15) is 5.52 Å². The van der Waals surface area contributed by atoms with E-state index >= 15 is 0 Å². The van der Waals surface area contributed by atoms with Gasteiger partial charge >= 0.3 is 0 Å². The summed E-state index contributed by atoms with van der Waals surface area (Å²) in [6.07, 6.45) is 0. The zero-order valence-corrected chi connectivity index (χ0v) is 19.5. The number of nitro groups is 1. The van der Waals surface area contributed by atoms with Crippen molar-refractivity contribution >= 4 is 61.9 Å². The van der Waals surface area contributed by atoms with Crippen LogP contribution in [0.25, 0.3) is 33.3 Å². The fourth-order valence-electron chi connectivity index (χ4n) is 3.57. The van der Waals surface area contributed by atoms with Crippen molar-refractivity contribution in [1.29, 1.82) is 0 Å². The molecule has 1 N–H and O–H groups in total. The summed E-state index contributed by atoms with van der Waals surface area (Å²) < 4.78 is 2.08. The maximum absolute atomic E-state index is 12.5. The van der Waals surface area contributed by atoms with Crippen molar-refractivity contribution in [2.75, 3.05) is 11.1 Å². The number of thioether (sulfide) groups is 1. The smallest absolute Gasteiger partial charge is 0.269 e. The van der Waals surface area contributed by atoms with Crippen molar-refractivity contribution < 1.29 is 9.72 Å². The number of rotatable bonds is 7. The predicted molar refractivity (Wildman–Crippen MR) is 132 cm³/mol. The summed E-state index contributed by atoms with van der Waals surface area (Å²) in [7, 11) is 0. The Hall–Kier alpha value is -3.90. The fourth-order valence-corrected chi connectivity index (χ4v) is 4.89. The third-order valence-electron chi connectivity index (χ3n) is 5.13. The van der Waals surface area contributed by atoms with Crippen molar-refractivity contribution in [1.82, 2.24) is 24.7 Å². The first-order valence-corrected chi connectivity index (χ1v) is 12.1. The molecule has 170 valence electrons. The van der Waals surface area contributed by atoms with E-state index in [4.69, 9.17) is 0 Å². The summed E-state index contributed by atoms with van der Waals surface area (Å²) >= 11 is 2.48. The highest BCUT2D eigenvalue weighted by Crippen LogP contribution is 2.28. The lowest BCUT2D eigenvalue weighted by atomic mass is 10.1. The number of nitro benzene ring substituents is 1. The number of anilines is 1. The number of aromatic nitrogens is 5. The van der Waals surface area contributed by atoms with E-state index < -0.39 is 4.92 Å². The second-order valence-electron chi connectivity index (χ2n) is 7.21. The SMILES string of the molecule is CCn1c2ccccc2c2nnc(SCC(=O)Nc3nc(-c4ccc([N+](=O)[O-])cc4)cs3)nc21. The third-order valence-corrected chi connectivity index (χ3v) is 6.72. The van der Waals surface area contributed by atoms with E-state index in [1.54, 1.807) is 17.5 Å². The van der Waals surface area contributed by atoms with Crippen LogP contribution in [0.5, 0.6) is 0 Å². The number of hydrogen-bond acceptors (Lipinski definition) is 9. The molecule has 0 aliphatic carbocycles. The van der Waals surface area contributed by atoms with Gasteiger partial charge in [-0.3, -0.25) is 14.9 Å². The number of nitrogens with one attached hydrogen (secondary N) is 1. The summed E-state index contributed by atoms with van der Waals surface area (Å²) in [5, 5.41) is 25.8. The van der Waals surface area contributed by atoms with Crippen LogP contribution >= 0.6 is 23.1 Å². The molecule has 5 aromatic rings. The molecule has 3 heterocycles. The normalized spacial score (nSPS) is 11.2. The highest BCUT2D eigenvalue weighted by molar-refractivity contribution is 7.99. The zero-order valence-electron chi connectivity index (χ0n) is 17.8. The van der Waals surface area contributed by atoms with Gasteiger partial charge in [-0.1, -0.05) is 30.0 Å². The number of amides is 1. The molecule has 0 saturated carbocycles. The number of para-hydroxylation sites is 1. The molecule has 0 aliphatic rings. The standard InChI is InChI=1S/C22H17N7O3S2/c1-2-28-17-6-4-3-5-15(17)19-20(28)25-22(27-26-19)34-12-18(30)24-21-23-16(11-33-21)13-7-9-14(10-8-13)29(31)32/h3-11H,2,12H2,1H3,(H,23,24,30). The van der Waals surface area contributed by atoms with Crippen molar-refractivity contribution in [3.05, 3.63) is 64.0 Å². The number of nitrogens with zero attached hydrogens (tertiary/aromatic N) is 6. The molecule has 34 heavy (non-hydrogen) atoms. The summed E-state index contributed by atoms with van der Waals surface area (Å²) in [6.45, 7) is 2.79. The molecular weight excluding hydrogens is 474 g/mol. The Morgan fingerprint density at radius 2 is 1.94 bits per heavy atom. The van der Waals surface area contributed by atoms with E-state index in [0.717, 1.165) is 34.2 Å². The first-order chi connectivity index (χ1) is 16.5. The van der Waals surface area contributed by atoms with Gasteiger partial charge < -0.3 is 9.88 Å². The quantitative estimate of drug-likeness (QED) is 0.196. The van der Waals surface area contributed by atoms with Crippen molar-refractivity contribution in [2.24, 2.45) is 0 Å². The molecule has 5 rings (SSSR count). The Labute approximate surface area is 201 Å². The minimum atomic E-state index is -0.451. The Morgan fingerprint density at radius 3 is 2.71 bits per heavy atom. The molecule has 0 atom stereocenters. The van der Waals surface area contributed by atoms with Gasteiger partial charge in [0.05, 0.1) is 21.9 Å². The average molecular weight is 492 g/mol. The van der Waals surface area contributed by atoms with Gasteiger partial charge in [0.2, 0.25) is 11.1 Å². The molecule has 0 bridgehead atoms. The largest absolute Gasteiger partial charge is 0.324 e. The number of benzene rings is 2. The Bertz CT molecular complexity index is 1530. The van der Waals surface area contributed by atoms with E-state index in [9.17, 15) is 14.9 Å². The van der Waals surface area contributed by atoms with Gasteiger partial charge in [-0.05, 0) is 25.1 Å². The van der Waals surface area contributed by atoms with Gasteiger partial charge in [0.15, 0.2) is 10.8 Å². The lowest BCUT2D eigenvalue weighted by Gasteiger charge is -2.03. The second kappa shape index (κ2) is 9.15. The molecular formula is C22H17N7O3S2. The molecule has 0 saturated heterocycles. The van der Waals surface area contributed by atoms with Crippen LogP contribution in [0.4, 0.5) is 10.8 Å². The Balaban J connectivity index is 1.26. The minimum Gasteiger partial charge on any atom is -0.324 e. The van der Waals surface area contributed by atoms with E-state index in [-0.39, 0.29) is 17.3 Å². The van der Waals surface area contributed by atoms with E-state index in [2.05, 4.69) is 30.0 Å². The topological polar surface area (TPSA) is 129 Å². The fraction of sp³-hybridized carbons (Fsp3) is 0.136. The molecule has 12 heteroatoms. The lowest BCUT2D eigenvalue weighted by Crippen LogP contribution is -2.14. The number of fused-ring (bicyclic) bond motifs is 3. The van der Waals surface area contributed by atoms with Crippen LogP contribution in [0.2, 0.25) is 0 Å². The van der Waals surface area contributed by atoms with Gasteiger partial charge in [-0.25, -0.2) is 9.97 Å². The second-order valence-corrected chi connectivity index (χ2v) is 9.01. The number of non-ortho nitro benzene ring substituents is 1. The predicted octanol–water partition coefficient (Wildman–Crippen LogP) is 4.76. The van der Waals surface area contributed by atoms with Crippen LogP contribution in [-0.2, 0) is 11.3 Å². The molecule has 0 unspecified atom stereocenters. The van der Waals surface area contributed by atoms with Crippen LogP contribution in [0.3, 0.4) is 0 Å². The monoisotopic (exact) mass is 491 g/mol. The highest BCUT2D eigenvalue weighted by Gasteiger charge is 2.15. The van der Waals surface area contributed by atoms with Gasteiger partial charge in [0.25, 0.3) is 5.69 Å². The summed E-state index contributed by atoms with van der Waals surface area (Å²) in [5.74, 6) is -0.138.